The lowest BCUT2D eigenvalue weighted by Crippen LogP contribution is -2.18. The minimum absolute atomic E-state index is 0.00904. The van der Waals surface area contributed by atoms with Crippen molar-refractivity contribution in [2.45, 2.75) is 35.5 Å². The van der Waals surface area contributed by atoms with Crippen LogP contribution in [0, 0.1) is 0 Å². The topological polar surface area (TPSA) is 365 Å². The quantitative estimate of drug-likeness (QED) is 0.0324. The fraction of sp³-hybridized carbons (Fsp3) is 0.0889. The van der Waals surface area contributed by atoms with E-state index in [-0.39, 0.29) is 70.0 Å². The number of aromatic nitrogens is 1. The summed E-state index contributed by atoms with van der Waals surface area (Å²) in [5.41, 5.74) is -0.286. The summed E-state index contributed by atoms with van der Waals surface area (Å²) in [5.74, 6) is -5.81. The zero-order valence-corrected chi connectivity index (χ0v) is 36.8. The Hall–Kier alpha value is -8.71. The van der Waals surface area contributed by atoms with Crippen LogP contribution >= 0.6 is 0 Å². The molecule has 0 radical (unpaired) electrons. The molecule has 0 aliphatic rings. The number of phenolic OH excluding ortho intramolecular Hbond substituents is 2. The molecule has 0 unspecified atom stereocenters. The molecule has 22 nitrogen and oxygen atoms in total. The lowest BCUT2D eigenvalue weighted by Gasteiger charge is -2.12. The second-order valence-corrected chi connectivity index (χ2v) is 17.8. The third-order valence-corrected chi connectivity index (χ3v) is 11.8. The Morgan fingerprint density at radius 3 is 1.23 bits per heavy atom. The van der Waals surface area contributed by atoms with Gasteiger partial charge in [-0.1, -0.05) is 24.3 Å². The molecule has 1 heterocycles. The number of carboxylic acid groups (broad SMARTS) is 2. The van der Waals surface area contributed by atoms with E-state index in [0.29, 0.717) is 11.1 Å². The van der Waals surface area contributed by atoms with Crippen LogP contribution in [-0.4, -0.2) is 80.2 Å². The molecule has 0 aliphatic carbocycles. The highest BCUT2D eigenvalue weighted by molar-refractivity contribution is 7.86. The van der Waals surface area contributed by atoms with E-state index in [9.17, 15) is 60.4 Å². The highest BCUT2D eigenvalue weighted by Gasteiger charge is 2.25. The van der Waals surface area contributed by atoms with Crippen molar-refractivity contribution >= 4 is 99.7 Å². The normalized spacial score (nSPS) is 11.9. The second kappa shape index (κ2) is 19.6. The number of amides is 2. The number of benzene rings is 6. The second-order valence-electron chi connectivity index (χ2n) is 15.0. The van der Waals surface area contributed by atoms with E-state index in [0.717, 1.165) is 24.3 Å². The van der Waals surface area contributed by atoms with Crippen molar-refractivity contribution in [2.75, 3.05) is 10.6 Å². The van der Waals surface area contributed by atoms with E-state index in [1.54, 1.807) is 24.3 Å². The standard InChI is InChI=1S/C45H35N7O15S2/c53-31-21-34(44(60)46-29-11-13-32-25(17-29)19-36(68(62,63)64)40(42(32)58)51-49-27-7-1-23(2-8-27)5-15-38(54)55)48-35(22-31)45(61)47-30-12-14-33-26(18-30)20-37(69(65,66)67)41(43(33)59)52-50-28-9-3-24(4-10-28)6-16-39(56)57/h1-4,7-14,17-22,58-59H,5-6,15-16H2,(H,46,60)(H,47,61)(H,48,53)(H,54,55)(H,56,57)(H,62,63,64)(H,65,66,67). The Bertz CT molecular complexity index is 3300. The average molecular weight is 978 g/mol. The summed E-state index contributed by atoms with van der Waals surface area (Å²) in [5, 5.41) is 71.2. The lowest BCUT2D eigenvalue weighted by molar-refractivity contribution is -0.138. The Balaban J connectivity index is 1.09. The number of hydrogen-bond acceptors (Lipinski definition) is 16. The molecule has 7 rings (SSSR count). The van der Waals surface area contributed by atoms with Crippen molar-refractivity contribution in [1.29, 1.82) is 0 Å². The van der Waals surface area contributed by atoms with Gasteiger partial charge in [-0.15, -0.1) is 10.2 Å². The van der Waals surface area contributed by atoms with Gasteiger partial charge in [-0.3, -0.25) is 28.3 Å². The van der Waals surface area contributed by atoms with E-state index < -0.39 is 93.8 Å². The van der Waals surface area contributed by atoms with E-state index >= 15 is 0 Å². The predicted octanol–water partition coefficient (Wildman–Crippen LogP) is 8.37. The number of carbonyl (C=O) groups excluding carboxylic acids is 2. The number of aliphatic carboxylic acids is 2. The monoisotopic (exact) mass is 977 g/mol. The SMILES string of the molecule is O=C(O)CCc1ccc(N=Nc2c(S(=O)(=O)O)cc3cc(NC(=O)c4cc(O)cc(C(=O)Nc5ccc6c(O)c(N=Nc7ccc(CCC(=O)O)cc7)c(S(=O)(=O)O)cc6c5)n4)ccc3c2O)cc1. The first-order chi connectivity index (χ1) is 32.6. The number of aryl methyl sites for hydroxylation is 2. The van der Waals surface area contributed by atoms with Crippen molar-refractivity contribution in [3.8, 4) is 17.2 Å². The van der Waals surface area contributed by atoms with Crippen LogP contribution in [0.4, 0.5) is 34.1 Å². The summed E-state index contributed by atoms with van der Waals surface area (Å²) in [4.78, 5) is 51.0. The van der Waals surface area contributed by atoms with Crippen molar-refractivity contribution in [3.05, 3.63) is 132 Å². The van der Waals surface area contributed by atoms with Crippen LogP contribution in [0.25, 0.3) is 21.5 Å². The van der Waals surface area contributed by atoms with Gasteiger partial charge in [0.15, 0.2) is 11.5 Å². The maximum absolute atomic E-state index is 13.4. The molecule has 69 heavy (non-hydrogen) atoms. The molecule has 352 valence electrons. The number of nitrogens with one attached hydrogen (secondary N) is 2. The van der Waals surface area contributed by atoms with Crippen LogP contribution in [0.5, 0.6) is 17.2 Å². The Labute approximate surface area is 389 Å². The first kappa shape index (κ1) is 48.2. The van der Waals surface area contributed by atoms with Crippen molar-refractivity contribution < 1.29 is 70.7 Å². The predicted molar refractivity (Wildman–Crippen MR) is 246 cm³/mol. The number of azo groups is 2. The number of phenols is 2. The molecule has 0 saturated heterocycles. The fourth-order valence-electron chi connectivity index (χ4n) is 6.76. The Morgan fingerprint density at radius 2 is 0.884 bits per heavy atom. The molecule has 0 atom stereocenters. The molecule has 24 heteroatoms. The van der Waals surface area contributed by atoms with Gasteiger partial charge in [-0.25, -0.2) is 4.98 Å². The summed E-state index contributed by atoms with van der Waals surface area (Å²) in [6, 6.07) is 24.0. The number of carboxylic acids is 2. The molecule has 9 N–H and O–H groups in total. The first-order valence-corrected chi connectivity index (χ1v) is 22.8. The zero-order chi connectivity index (χ0) is 49.8. The molecule has 0 fully saturated rings. The van der Waals surface area contributed by atoms with Gasteiger partial charge >= 0.3 is 11.9 Å². The number of fused-ring (bicyclic) bond motifs is 2. The summed E-state index contributed by atoms with van der Waals surface area (Å²) in [6.07, 6.45) is 0.313. The van der Waals surface area contributed by atoms with Gasteiger partial charge in [-0.2, -0.15) is 27.1 Å². The summed E-state index contributed by atoms with van der Waals surface area (Å²) < 4.78 is 69.9. The smallest absolute Gasteiger partial charge is 0.303 e. The van der Waals surface area contributed by atoms with Crippen molar-refractivity contribution in [2.24, 2.45) is 20.5 Å². The lowest BCUT2D eigenvalue weighted by atomic mass is 10.1. The van der Waals surface area contributed by atoms with Gasteiger partial charge in [0.1, 0.15) is 38.3 Å². The molecule has 6 aromatic carbocycles. The number of anilines is 2. The first-order valence-electron chi connectivity index (χ1n) is 20.0. The number of hydrogen-bond donors (Lipinski definition) is 9. The van der Waals surface area contributed by atoms with Crippen LogP contribution in [0.1, 0.15) is 44.9 Å². The van der Waals surface area contributed by atoms with E-state index in [4.69, 9.17) is 10.2 Å². The van der Waals surface area contributed by atoms with Crippen LogP contribution in [-0.2, 0) is 42.7 Å². The summed E-state index contributed by atoms with van der Waals surface area (Å²) in [6.45, 7) is 0. The van der Waals surface area contributed by atoms with Crippen LogP contribution in [0.15, 0.2) is 139 Å². The summed E-state index contributed by atoms with van der Waals surface area (Å²) in [7, 11) is -10.1. The number of aromatic hydroxyl groups is 3. The molecular formula is C45H35N7O15S2. The molecule has 0 saturated carbocycles. The van der Waals surface area contributed by atoms with E-state index in [1.807, 2.05) is 0 Å². The number of pyridine rings is 1. The Kier molecular flexibility index (Phi) is 13.7. The number of carbonyl (C=O) groups is 4. The Morgan fingerprint density at radius 1 is 0.507 bits per heavy atom. The zero-order valence-electron chi connectivity index (χ0n) is 35.2. The largest absolute Gasteiger partial charge is 0.508 e. The highest BCUT2D eigenvalue weighted by Crippen LogP contribution is 2.43. The maximum Gasteiger partial charge on any atom is 0.303 e. The van der Waals surface area contributed by atoms with E-state index in [2.05, 4.69) is 36.1 Å². The average Bonchev–Trinajstić information content (AvgIpc) is 3.29. The highest BCUT2D eigenvalue weighted by atomic mass is 32.2. The minimum atomic E-state index is -5.03. The molecular weight excluding hydrogens is 943 g/mol. The molecule has 0 aliphatic heterocycles. The summed E-state index contributed by atoms with van der Waals surface area (Å²) >= 11 is 0. The number of nitrogens with zero attached hydrogens (tertiary/aromatic N) is 5. The van der Waals surface area contributed by atoms with Crippen molar-refractivity contribution in [1.82, 2.24) is 4.98 Å². The van der Waals surface area contributed by atoms with Gasteiger partial charge in [-0.05, 0) is 108 Å². The number of rotatable bonds is 16. The molecule has 0 bridgehead atoms. The third kappa shape index (κ3) is 11.6. The molecule has 7 aromatic rings. The molecule has 1 aromatic heterocycles. The fourth-order valence-corrected chi connectivity index (χ4v) is 8.08. The molecule has 2 amide bonds. The van der Waals surface area contributed by atoms with Crippen LogP contribution < -0.4 is 10.6 Å². The third-order valence-electron chi connectivity index (χ3n) is 10.1. The minimum Gasteiger partial charge on any atom is -0.508 e. The van der Waals surface area contributed by atoms with E-state index in [1.165, 1.54) is 60.7 Å². The van der Waals surface area contributed by atoms with Crippen LogP contribution in [0.2, 0.25) is 0 Å². The van der Waals surface area contributed by atoms with Crippen LogP contribution in [0.3, 0.4) is 0 Å². The van der Waals surface area contributed by atoms with Gasteiger partial charge in [0.25, 0.3) is 32.1 Å². The van der Waals surface area contributed by atoms with Gasteiger partial charge in [0, 0.05) is 47.1 Å². The maximum atomic E-state index is 13.4. The molecule has 0 spiro atoms. The van der Waals surface area contributed by atoms with Gasteiger partial charge in [0.05, 0.1) is 11.4 Å². The van der Waals surface area contributed by atoms with Gasteiger partial charge < -0.3 is 36.2 Å². The van der Waals surface area contributed by atoms with Crippen molar-refractivity contribution in [3.63, 3.8) is 0 Å². The van der Waals surface area contributed by atoms with Gasteiger partial charge in [0.2, 0.25) is 0 Å².